The quantitative estimate of drug-likeness (QED) is 0.593. The average Bonchev–Trinajstić information content (AvgIpc) is 2.45. The predicted molar refractivity (Wildman–Crippen MR) is 67.1 cm³/mol. The maximum Gasteiger partial charge on any atom is 0.185 e. The summed E-state index contributed by atoms with van der Waals surface area (Å²) in [5, 5.41) is -0.0291. The highest BCUT2D eigenvalue weighted by Gasteiger charge is 2.14. The summed E-state index contributed by atoms with van der Waals surface area (Å²) in [5.74, 6) is -3.18. The van der Waals surface area contributed by atoms with Crippen molar-refractivity contribution in [3.05, 3.63) is 66.0 Å². The molecule has 0 aliphatic carbocycles. The first-order valence-corrected chi connectivity index (χ1v) is 5.66. The van der Waals surface area contributed by atoms with Crippen LogP contribution in [0.1, 0.15) is 0 Å². The fourth-order valence-corrected chi connectivity index (χ4v) is 1.95. The molecule has 0 aliphatic heterocycles. The molecule has 19 heavy (non-hydrogen) atoms. The lowest BCUT2D eigenvalue weighted by Crippen LogP contribution is -1.94. The maximum atomic E-state index is 13.7. The van der Waals surface area contributed by atoms with E-state index in [0.717, 1.165) is 5.56 Å². The largest absolute Gasteiger partial charge is 0.244 e. The van der Waals surface area contributed by atoms with Crippen LogP contribution in [-0.2, 0) is 0 Å². The minimum atomic E-state index is -1.23. The van der Waals surface area contributed by atoms with Crippen molar-refractivity contribution in [3.8, 4) is 11.3 Å². The van der Waals surface area contributed by atoms with Gasteiger partial charge in [-0.25, -0.2) is 18.2 Å². The fraction of sp³-hybridized carbons (Fsp3) is 0. The van der Waals surface area contributed by atoms with E-state index >= 15 is 0 Å². The van der Waals surface area contributed by atoms with Gasteiger partial charge >= 0.3 is 0 Å². The Bertz CT molecular complexity index is 754. The summed E-state index contributed by atoms with van der Waals surface area (Å²) in [7, 11) is 0. The Labute approximate surface area is 107 Å². The zero-order valence-corrected chi connectivity index (χ0v) is 9.70. The molecule has 0 atom stereocenters. The first-order valence-electron chi connectivity index (χ1n) is 5.66. The molecule has 0 fully saturated rings. The van der Waals surface area contributed by atoms with Crippen LogP contribution in [0, 0.1) is 17.5 Å². The molecule has 2 aromatic carbocycles. The van der Waals surface area contributed by atoms with Gasteiger partial charge < -0.3 is 0 Å². The molecule has 0 aliphatic rings. The van der Waals surface area contributed by atoms with Gasteiger partial charge in [-0.2, -0.15) is 0 Å². The summed E-state index contributed by atoms with van der Waals surface area (Å²) < 4.78 is 40.4. The van der Waals surface area contributed by atoms with Gasteiger partial charge in [-0.15, -0.1) is 0 Å². The van der Waals surface area contributed by atoms with Crippen LogP contribution in [0.2, 0.25) is 0 Å². The minimum Gasteiger partial charge on any atom is -0.244 e. The van der Waals surface area contributed by atoms with E-state index in [2.05, 4.69) is 4.98 Å². The molecule has 0 spiro atoms. The summed E-state index contributed by atoms with van der Waals surface area (Å²) in [5.41, 5.74) is 0.935. The number of hydrogen-bond donors (Lipinski definition) is 0. The number of halogens is 3. The lowest BCUT2D eigenvalue weighted by molar-refractivity contribution is 0.504. The van der Waals surface area contributed by atoms with Crippen molar-refractivity contribution in [2.75, 3.05) is 0 Å². The van der Waals surface area contributed by atoms with Crippen LogP contribution in [0.15, 0.2) is 48.5 Å². The highest BCUT2D eigenvalue weighted by atomic mass is 19.2. The molecule has 0 saturated carbocycles. The normalized spacial score (nSPS) is 10.9. The summed E-state index contributed by atoms with van der Waals surface area (Å²) in [4.78, 5) is 4.01. The van der Waals surface area contributed by atoms with Crippen molar-refractivity contribution in [2.24, 2.45) is 0 Å². The highest BCUT2D eigenvalue weighted by Crippen LogP contribution is 2.25. The molecule has 0 unspecified atom stereocenters. The Morgan fingerprint density at radius 2 is 1.53 bits per heavy atom. The smallest absolute Gasteiger partial charge is 0.185 e. The zero-order chi connectivity index (χ0) is 13.4. The van der Waals surface area contributed by atoms with Crippen LogP contribution >= 0.6 is 0 Å². The second-order valence-electron chi connectivity index (χ2n) is 4.11. The molecule has 0 saturated heterocycles. The lowest BCUT2D eigenvalue weighted by atomic mass is 10.1. The van der Waals surface area contributed by atoms with E-state index in [9.17, 15) is 13.2 Å². The van der Waals surface area contributed by atoms with E-state index < -0.39 is 17.5 Å². The Morgan fingerprint density at radius 1 is 0.789 bits per heavy atom. The predicted octanol–water partition coefficient (Wildman–Crippen LogP) is 4.32. The van der Waals surface area contributed by atoms with Gasteiger partial charge in [0.1, 0.15) is 11.3 Å². The SMILES string of the molecule is Fc1cc(F)c2ccc(-c3ccccc3)nc2c1F. The number of nitrogens with zero attached hydrogens (tertiary/aromatic N) is 1. The number of pyridine rings is 1. The van der Waals surface area contributed by atoms with Crippen LogP contribution in [0.3, 0.4) is 0 Å². The van der Waals surface area contributed by atoms with Crippen molar-refractivity contribution in [2.45, 2.75) is 0 Å². The molecule has 4 heteroatoms. The van der Waals surface area contributed by atoms with Gasteiger partial charge in [0.05, 0.1) is 5.69 Å². The third kappa shape index (κ3) is 1.95. The summed E-state index contributed by atoms with van der Waals surface area (Å²) in [6.07, 6.45) is 0. The van der Waals surface area contributed by atoms with E-state index in [0.29, 0.717) is 11.8 Å². The first-order chi connectivity index (χ1) is 9.16. The van der Waals surface area contributed by atoms with E-state index in [1.807, 2.05) is 18.2 Å². The summed E-state index contributed by atoms with van der Waals surface area (Å²) >= 11 is 0. The molecule has 3 aromatic rings. The molecule has 0 amide bonds. The van der Waals surface area contributed by atoms with Crippen molar-refractivity contribution in [3.63, 3.8) is 0 Å². The molecule has 1 nitrogen and oxygen atoms in total. The van der Waals surface area contributed by atoms with Gasteiger partial charge in [0.25, 0.3) is 0 Å². The van der Waals surface area contributed by atoms with E-state index in [1.165, 1.54) is 6.07 Å². The van der Waals surface area contributed by atoms with E-state index in [1.54, 1.807) is 18.2 Å². The second-order valence-corrected chi connectivity index (χ2v) is 4.11. The lowest BCUT2D eigenvalue weighted by Gasteiger charge is -2.05. The summed E-state index contributed by atoms with van der Waals surface area (Å²) in [6, 6.07) is 12.6. The standard InChI is InChI=1S/C15H8F3N/c16-11-8-12(17)14(18)15-10(11)6-7-13(19-15)9-4-2-1-3-5-9/h1-8H. The monoisotopic (exact) mass is 259 g/mol. The molecule has 0 radical (unpaired) electrons. The second kappa shape index (κ2) is 4.39. The van der Waals surface area contributed by atoms with Gasteiger partial charge in [0.2, 0.25) is 0 Å². The molecule has 0 N–H and O–H groups in total. The fourth-order valence-electron chi connectivity index (χ4n) is 1.95. The minimum absolute atomic E-state index is 0.0291. The third-order valence-corrected chi connectivity index (χ3v) is 2.89. The van der Waals surface area contributed by atoms with Crippen LogP contribution in [0.4, 0.5) is 13.2 Å². The topological polar surface area (TPSA) is 12.9 Å². The molecule has 1 heterocycles. The molecular weight excluding hydrogens is 251 g/mol. The summed E-state index contributed by atoms with van der Waals surface area (Å²) in [6.45, 7) is 0. The van der Waals surface area contributed by atoms with E-state index in [4.69, 9.17) is 0 Å². The number of rotatable bonds is 1. The molecule has 0 bridgehead atoms. The van der Waals surface area contributed by atoms with Crippen LogP contribution < -0.4 is 0 Å². The van der Waals surface area contributed by atoms with Crippen LogP contribution in [-0.4, -0.2) is 4.98 Å². The Kier molecular flexibility index (Phi) is 2.71. The number of fused-ring (bicyclic) bond motifs is 1. The number of hydrogen-bond acceptors (Lipinski definition) is 1. The van der Waals surface area contributed by atoms with E-state index in [-0.39, 0.29) is 10.9 Å². The average molecular weight is 259 g/mol. The van der Waals surface area contributed by atoms with Gasteiger partial charge in [-0.3, -0.25) is 0 Å². The molecule has 3 rings (SSSR count). The van der Waals surface area contributed by atoms with Crippen LogP contribution in [0.25, 0.3) is 22.2 Å². The van der Waals surface area contributed by atoms with Crippen molar-refractivity contribution >= 4 is 10.9 Å². The van der Waals surface area contributed by atoms with Gasteiger partial charge in [0, 0.05) is 17.0 Å². The molecule has 94 valence electrons. The van der Waals surface area contributed by atoms with Crippen molar-refractivity contribution < 1.29 is 13.2 Å². The van der Waals surface area contributed by atoms with Gasteiger partial charge in [0.15, 0.2) is 11.6 Å². The maximum absolute atomic E-state index is 13.7. The Balaban J connectivity index is 2.29. The third-order valence-electron chi connectivity index (χ3n) is 2.89. The van der Waals surface area contributed by atoms with Crippen molar-refractivity contribution in [1.82, 2.24) is 4.98 Å². The highest BCUT2D eigenvalue weighted by molar-refractivity contribution is 5.82. The first kappa shape index (κ1) is 11.7. The van der Waals surface area contributed by atoms with Crippen molar-refractivity contribution in [1.29, 1.82) is 0 Å². The molecule has 1 aromatic heterocycles. The van der Waals surface area contributed by atoms with Gasteiger partial charge in [-0.05, 0) is 12.1 Å². The van der Waals surface area contributed by atoms with Gasteiger partial charge in [-0.1, -0.05) is 30.3 Å². The Hall–Kier alpha value is -2.36. The number of aromatic nitrogens is 1. The Morgan fingerprint density at radius 3 is 2.26 bits per heavy atom. The molecular formula is C15H8F3N. The van der Waals surface area contributed by atoms with Crippen LogP contribution in [0.5, 0.6) is 0 Å². The number of benzene rings is 2. The zero-order valence-electron chi connectivity index (χ0n) is 9.70.